The summed E-state index contributed by atoms with van der Waals surface area (Å²) in [6.45, 7) is 8.03. The Hall–Kier alpha value is -0.120. The third-order valence-electron chi connectivity index (χ3n) is 5.67. The lowest BCUT2D eigenvalue weighted by atomic mass is 9.72. The first-order valence-electron chi connectivity index (χ1n) is 8.58. The van der Waals surface area contributed by atoms with Gasteiger partial charge in [-0.15, -0.1) is 0 Å². The molecule has 3 nitrogen and oxygen atoms in total. The van der Waals surface area contributed by atoms with E-state index in [0.717, 1.165) is 24.4 Å². The molecule has 1 aliphatic carbocycles. The minimum Gasteiger partial charge on any atom is -0.329 e. The molecule has 0 amide bonds. The maximum Gasteiger partial charge on any atom is 0.0335 e. The highest BCUT2D eigenvalue weighted by Crippen LogP contribution is 2.40. The van der Waals surface area contributed by atoms with Crippen LogP contribution in [0.4, 0.5) is 0 Å². The van der Waals surface area contributed by atoms with E-state index in [0.29, 0.717) is 5.54 Å². The van der Waals surface area contributed by atoms with Crippen LogP contribution in [0.1, 0.15) is 52.4 Å². The van der Waals surface area contributed by atoms with Gasteiger partial charge in [0.1, 0.15) is 0 Å². The van der Waals surface area contributed by atoms with Crippen LogP contribution in [0, 0.1) is 11.8 Å². The Balaban J connectivity index is 2.01. The monoisotopic (exact) mass is 281 g/mol. The highest BCUT2D eigenvalue weighted by Gasteiger charge is 2.43. The molecule has 0 radical (unpaired) electrons. The molecule has 1 saturated heterocycles. The van der Waals surface area contributed by atoms with Crippen LogP contribution in [0.5, 0.6) is 0 Å². The molecular weight excluding hydrogens is 246 g/mol. The van der Waals surface area contributed by atoms with Gasteiger partial charge in [-0.2, -0.15) is 0 Å². The molecule has 1 aliphatic heterocycles. The van der Waals surface area contributed by atoms with Crippen LogP contribution in [-0.4, -0.2) is 55.1 Å². The van der Waals surface area contributed by atoms with E-state index in [1.54, 1.807) is 0 Å². The third-order valence-corrected chi connectivity index (χ3v) is 5.67. The molecule has 1 saturated carbocycles. The van der Waals surface area contributed by atoms with Gasteiger partial charge in [0.15, 0.2) is 0 Å². The first-order valence-corrected chi connectivity index (χ1v) is 8.58. The molecular formula is C17H35N3. The van der Waals surface area contributed by atoms with E-state index in [2.05, 4.69) is 37.7 Å². The average Bonchev–Trinajstić information content (AvgIpc) is 2.88. The van der Waals surface area contributed by atoms with Crippen molar-refractivity contribution in [2.75, 3.05) is 33.7 Å². The van der Waals surface area contributed by atoms with Crippen molar-refractivity contribution in [1.29, 1.82) is 0 Å². The van der Waals surface area contributed by atoms with E-state index in [4.69, 9.17) is 5.73 Å². The minimum absolute atomic E-state index is 0.308. The second-order valence-electron chi connectivity index (χ2n) is 7.87. The normalized spacial score (nSPS) is 36.1. The molecule has 1 heterocycles. The summed E-state index contributed by atoms with van der Waals surface area (Å²) in [7, 11) is 4.43. The first kappa shape index (κ1) is 16.3. The van der Waals surface area contributed by atoms with Crippen LogP contribution in [0.3, 0.4) is 0 Å². The van der Waals surface area contributed by atoms with Crippen LogP contribution >= 0.6 is 0 Å². The van der Waals surface area contributed by atoms with Crippen molar-refractivity contribution in [2.45, 2.75) is 64.0 Å². The predicted octanol–water partition coefficient (Wildman–Crippen LogP) is 2.56. The lowest BCUT2D eigenvalue weighted by Gasteiger charge is -2.47. The molecule has 3 atom stereocenters. The van der Waals surface area contributed by atoms with Crippen LogP contribution in [-0.2, 0) is 0 Å². The van der Waals surface area contributed by atoms with Gasteiger partial charge in [-0.25, -0.2) is 0 Å². The summed E-state index contributed by atoms with van der Waals surface area (Å²) in [5.74, 6) is 1.72. The number of rotatable bonds is 5. The van der Waals surface area contributed by atoms with E-state index in [1.807, 2.05) is 0 Å². The Labute approximate surface area is 125 Å². The number of hydrogen-bond donors (Lipinski definition) is 1. The summed E-state index contributed by atoms with van der Waals surface area (Å²) >= 11 is 0. The standard InChI is InChI=1S/C17H35N3/c1-14(2)10-15-6-5-8-17(11-15,13-18)20-9-7-16(12-20)19(3)4/h14-16H,5-13,18H2,1-4H3. The number of hydrogen-bond acceptors (Lipinski definition) is 3. The van der Waals surface area contributed by atoms with Crippen molar-refractivity contribution in [1.82, 2.24) is 9.80 Å². The average molecular weight is 281 g/mol. The molecule has 0 aromatic carbocycles. The highest BCUT2D eigenvalue weighted by atomic mass is 15.3. The van der Waals surface area contributed by atoms with Crippen molar-refractivity contribution in [3.8, 4) is 0 Å². The molecule has 2 aliphatic rings. The van der Waals surface area contributed by atoms with Crippen LogP contribution in [0.2, 0.25) is 0 Å². The Morgan fingerprint density at radius 2 is 2.05 bits per heavy atom. The quantitative estimate of drug-likeness (QED) is 0.840. The van der Waals surface area contributed by atoms with Crippen molar-refractivity contribution in [3.05, 3.63) is 0 Å². The number of likely N-dealkylation sites (N-methyl/N-ethyl adjacent to an activating group) is 1. The molecule has 0 aromatic rings. The van der Waals surface area contributed by atoms with Crippen molar-refractivity contribution >= 4 is 0 Å². The molecule has 2 N–H and O–H groups in total. The fraction of sp³-hybridized carbons (Fsp3) is 1.00. The zero-order chi connectivity index (χ0) is 14.8. The van der Waals surface area contributed by atoms with Crippen molar-refractivity contribution in [2.24, 2.45) is 17.6 Å². The highest BCUT2D eigenvalue weighted by molar-refractivity contribution is 5.00. The number of likely N-dealkylation sites (tertiary alicyclic amines) is 1. The lowest BCUT2D eigenvalue weighted by molar-refractivity contribution is 0.0455. The van der Waals surface area contributed by atoms with Crippen LogP contribution in [0.25, 0.3) is 0 Å². The second kappa shape index (κ2) is 6.76. The van der Waals surface area contributed by atoms with E-state index >= 15 is 0 Å². The summed E-state index contributed by atoms with van der Waals surface area (Å²) in [6, 6.07) is 0.726. The van der Waals surface area contributed by atoms with Crippen molar-refractivity contribution in [3.63, 3.8) is 0 Å². The molecule has 118 valence electrons. The van der Waals surface area contributed by atoms with E-state index in [1.165, 1.54) is 51.6 Å². The Bertz CT molecular complexity index is 303. The van der Waals surface area contributed by atoms with Crippen LogP contribution < -0.4 is 5.73 Å². The lowest BCUT2D eigenvalue weighted by Crippen LogP contribution is -2.56. The second-order valence-corrected chi connectivity index (χ2v) is 7.87. The Morgan fingerprint density at radius 1 is 1.30 bits per heavy atom. The van der Waals surface area contributed by atoms with E-state index < -0.39 is 0 Å². The SMILES string of the molecule is CC(C)CC1CCCC(CN)(N2CCC(N(C)C)C2)C1. The summed E-state index contributed by atoms with van der Waals surface area (Å²) in [5.41, 5.74) is 6.59. The smallest absolute Gasteiger partial charge is 0.0335 e. The van der Waals surface area contributed by atoms with Gasteiger partial charge < -0.3 is 10.6 Å². The molecule has 3 unspecified atom stereocenters. The predicted molar refractivity (Wildman–Crippen MR) is 86.9 cm³/mol. The van der Waals surface area contributed by atoms with Gasteiger partial charge in [0.2, 0.25) is 0 Å². The summed E-state index contributed by atoms with van der Waals surface area (Å²) in [4.78, 5) is 5.13. The molecule has 0 aromatic heterocycles. The fourth-order valence-corrected chi connectivity index (χ4v) is 4.52. The summed E-state index contributed by atoms with van der Waals surface area (Å²) in [6.07, 6.45) is 8.14. The Kier molecular flexibility index (Phi) is 5.49. The van der Waals surface area contributed by atoms with E-state index in [-0.39, 0.29) is 0 Å². The largest absolute Gasteiger partial charge is 0.329 e. The molecule has 3 heteroatoms. The molecule has 2 rings (SSSR count). The van der Waals surface area contributed by atoms with Crippen LogP contribution in [0.15, 0.2) is 0 Å². The Morgan fingerprint density at radius 3 is 2.60 bits per heavy atom. The molecule has 0 spiro atoms. The molecule has 20 heavy (non-hydrogen) atoms. The summed E-state index contributed by atoms with van der Waals surface area (Å²) < 4.78 is 0. The number of nitrogens with two attached hydrogens (primary N) is 1. The van der Waals surface area contributed by atoms with Gasteiger partial charge in [-0.05, 0) is 51.6 Å². The van der Waals surface area contributed by atoms with Gasteiger partial charge in [0, 0.05) is 31.2 Å². The number of nitrogens with zero attached hydrogens (tertiary/aromatic N) is 2. The van der Waals surface area contributed by atoms with Gasteiger partial charge in [0.25, 0.3) is 0 Å². The zero-order valence-corrected chi connectivity index (χ0v) is 14.1. The van der Waals surface area contributed by atoms with Gasteiger partial charge in [-0.1, -0.05) is 26.7 Å². The molecule has 0 bridgehead atoms. The van der Waals surface area contributed by atoms with E-state index in [9.17, 15) is 0 Å². The topological polar surface area (TPSA) is 32.5 Å². The summed E-state index contributed by atoms with van der Waals surface area (Å²) in [5, 5.41) is 0. The fourth-order valence-electron chi connectivity index (χ4n) is 4.52. The molecule has 2 fully saturated rings. The third kappa shape index (κ3) is 3.55. The van der Waals surface area contributed by atoms with Gasteiger partial charge >= 0.3 is 0 Å². The first-order chi connectivity index (χ1) is 9.47. The minimum atomic E-state index is 0.308. The maximum absolute atomic E-state index is 6.28. The van der Waals surface area contributed by atoms with Gasteiger partial charge in [-0.3, -0.25) is 4.90 Å². The maximum atomic E-state index is 6.28. The zero-order valence-electron chi connectivity index (χ0n) is 14.1. The van der Waals surface area contributed by atoms with Crippen molar-refractivity contribution < 1.29 is 0 Å². The van der Waals surface area contributed by atoms with Gasteiger partial charge in [0.05, 0.1) is 0 Å².